The van der Waals surface area contributed by atoms with Gasteiger partial charge < -0.3 is 19.3 Å². The zero-order chi connectivity index (χ0) is 24.4. The summed E-state index contributed by atoms with van der Waals surface area (Å²) in [6.07, 6.45) is 2.26. The first-order chi connectivity index (χ1) is 17.1. The van der Waals surface area contributed by atoms with Crippen LogP contribution in [0, 0.1) is 6.92 Å². The smallest absolute Gasteiger partial charge is 0.227 e. The van der Waals surface area contributed by atoms with Gasteiger partial charge in [0, 0.05) is 29.5 Å². The van der Waals surface area contributed by atoms with Gasteiger partial charge in [-0.2, -0.15) is 4.98 Å². The predicted octanol–water partition coefficient (Wildman–Crippen LogP) is 5.35. The first-order valence-electron chi connectivity index (χ1n) is 11.2. The quantitative estimate of drug-likeness (QED) is 0.243. The number of methoxy groups -OCH3 is 2. The lowest BCUT2D eigenvalue weighted by molar-refractivity contribution is 0.278. The van der Waals surface area contributed by atoms with Crippen LogP contribution in [-0.4, -0.2) is 34.3 Å². The number of aliphatic hydroxyl groups excluding tert-OH is 1. The van der Waals surface area contributed by atoms with E-state index in [4.69, 9.17) is 24.2 Å². The molecule has 2 aromatic heterocycles. The van der Waals surface area contributed by atoms with E-state index in [1.54, 1.807) is 32.2 Å². The lowest BCUT2D eigenvalue weighted by Gasteiger charge is -2.24. The number of ether oxygens (including phenoxy) is 3. The summed E-state index contributed by atoms with van der Waals surface area (Å²) in [7, 11) is 3.30. The van der Waals surface area contributed by atoms with Crippen LogP contribution < -0.4 is 14.2 Å². The molecule has 7 nitrogen and oxygen atoms in total. The molecular formula is C27H25N3O4S. The molecule has 0 unspecified atom stereocenters. The maximum atomic E-state index is 9.90. The van der Waals surface area contributed by atoms with Gasteiger partial charge >= 0.3 is 0 Å². The van der Waals surface area contributed by atoms with Gasteiger partial charge in [0.2, 0.25) is 5.88 Å². The lowest BCUT2D eigenvalue weighted by atomic mass is 9.99. The fourth-order valence-electron chi connectivity index (χ4n) is 4.08. The van der Waals surface area contributed by atoms with Crippen LogP contribution in [0.2, 0.25) is 0 Å². The Labute approximate surface area is 208 Å². The molecule has 0 spiro atoms. The van der Waals surface area contributed by atoms with Crippen LogP contribution in [-0.2, 0) is 18.8 Å². The van der Waals surface area contributed by atoms with E-state index in [9.17, 15) is 5.11 Å². The fourth-order valence-corrected chi connectivity index (χ4v) is 5.04. The number of benzene rings is 2. The molecule has 4 aromatic rings. The summed E-state index contributed by atoms with van der Waals surface area (Å²) in [6, 6.07) is 15.7. The van der Waals surface area contributed by atoms with E-state index in [1.165, 1.54) is 0 Å². The Kier molecular flexibility index (Phi) is 6.57. The maximum absolute atomic E-state index is 9.90. The Bertz CT molecular complexity index is 1390. The van der Waals surface area contributed by atoms with E-state index in [-0.39, 0.29) is 6.61 Å². The second-order valence-corrected chi connectivity index (χ2v) is 9.05. The molecule has 35 heavy (non-hydrogen) atoms. The molecule has 0 aliphatic carbocycles. The molecule has 0 atom stereocenters. The minimum atomic E-state index is -0.110. The molecule has 0 bridgehead atoms. The Hall–Kier alpha value is -3.62. The average molecular weight is 488 g/mol. The number of hydrogen-bond donors (Lipinski definition) is 1. The van der Waals surface area contributed by atoms with Gasteiger partial charge in [0.15, 0.2) is 11.6 Å². The predicted molar refractivity (Wildman–Crippen MR) is 134 cm³/mol. The Morgan fingerprint density at radius 3 is 2.69 bits per heavy atom. The molecule has 1 aliphatic rings. The molecular weight excluding hydrogens is 462 g/mol. The molecule has 0 saturated heterocycles. The van der Waals surface area contributed by atoms with Crippen molar-refractivity contribution in [2.45, 2.75) is 30.7 Å². The number of pyridine rings is 1. The van der Waals surface area contributed by atoms with Crippen LogP contribution >= 0.6 is 11.8 Å². The normalized spacial score (nSPS) is 11.9. The van der Waals surface area contributed by atoms with Gasteiger partial charge in [-0.15, -0.1) is 11.8 Å². The zero-order valence-electron chi connectivity index (χ0n) is 19.7. The number of aryl methyl sites for hydroxylation is 1. The number of aromatic nitrogens is 3. The average Bonchev–Trinajstić information content (AvgIpc) is 2.91. The minimum Gasteiger partial charge on any atom is -0.497 e. The van der Waals surface area contributed by atoms with E-state index in [0.717, 1.165) is 44.3 Å². The summed E-state index contributed by atoms with van der Waals surface area (Å²) < 4.78 is 17.3. The van der Waals surface area contributed by atoms with Crippen molar-refractivity contribution >= 4 is 11.8 Å². The SMILES string of the molecule is COc1cccc(CSc2nc(-c3ccccc3OC)nc3c2Cc2c(CO)cnc(C)c2O3)c1. The van der Waals surface area contributed by atoms with Crippen molar-refractivity contribution in [3.05, 3.63) is 82.7 Å². The van der Waals surface area contributed by atoms with Crippen molar-refractivity contribution in [3.8, 4) is 34.5 Å². The minimum absolute atomic E-state index is 0.110. The summed E-state index contributed by atoms with van der Waals surface area (Å²) in [6.45, 7) is 1.78. The third-order valence-corrected chi connectivity index (χ3v) is 7.00. The van der Waals surface area contributed by atoms with Crippen LogP contribution in [0.1, 0.15) is 27.9 Å². The first-order valence-corrected chi connectivity index (χ1v) is 12.2. The number of nitrogens with zero attached hydrogens (tertiary/aromatic N) is 3. The van der Waals surface area contributed by atoms with Gasteiger partial charge in [0.1, 0.15) is 16.5 Å². The number of aliphatic hydroxyl groups is 1. The van der Waals surface area contributed by atoms with Crippen molar-refractivity contribution in [2.24, 2.45) is 0 Å². The van der Waals surface area contributed by atoms with Crippen molar-refractivity contribution < 1.29 is 19.3 Å². The molecule has 5 rings (SSSR count). The molecule has 0 fully saturated rings. The molecule has 2 aromatic carbocycles. The summed E-state index contributed by atoms with van der Waals surface area (Å²) in [5.74, 6) is 3.88. The highest BCUT2D eigenvalue weighted by Gasteiger charge is 2.28. The van der Waals surface area contributed by atoms with Crippen LogP contribution in [0.4, 0.5) is 0 Å². The number of para-hydroxylation sites is 1. The summed E-state index contributed by atoms with van der Waals surface area (Å²) >= 11 is 1.62. The standard InChI is InChI=1S/C27H25N3O4S/c1-16-24-21(18(14-31)13-28-16)12-22-26(34-24)29-25(20-9-4-5-10-23(20)33-3)30-27(22)35-15-17-7-6-8-19(11-17)32-2/h4-11,13,31H,12,14-15H2,1-3H3. The van der Waals surface area contributed by atoms with Gasteiger partial charge in [0.25, 0.3) is 0 Å². The molecule has 178 valence electrons. The van der Waals surface area contributed by atoms with Gasteiger partial charge in [-0.25, -0.2) is 4.98 Å². The van der Waals surface area contributed by atoms with E-state index < -0.39 is 0 Å². The maximum Gasteiger partial charge on any atom is 0.227 e. The van der Waals surface area contributed by atoms with Gasteiger partial charge in [-0.05, 0) is 36.8 Å². The summed E-state index contributed by atoms with van der Waals surface area (Å²) in [4.78, 5) is 14.1. The highest BCUT2D eigenvalue weighted by atomic mass is 32.2. The summed E-state index contributed by atoms with van der Waals surface area (Å²) in [5, 5.41) is 10.7. The number of fused-ring (bicyclic) bond motifs is 2. The molecule has 0 saturated carbocycles. The lowest BCUT2D eigenvalue weighted by Crippen LogP contribution is -2.13. The van der Waals surface area contributed by atoms with Crippen molar-refractivity contribution in [1.82, 2.24) is 15.0 Å². The zero-order valence-corrected chi connectivity index (χ0v) is 20.6. The number of thioether (sulfide) groups is 1. The monoisotopic (exact) mass is 487 g/mol. The highest BCUT2D eigenvalue weighted by Crippen LogP contribution is 2.43. The van der Waals surface area contributed by atoms with Crippen molar-refractivity contribution in [1.29, 1.82) is 0 Å². The fraction of sp³-hybridized carbons (Fsp3) is 0.222. The van der Waals surface area contributed by atoms with E-state index in [2.05, 4.69) is 11.1 Å². The van der Waals surface area contributed by atoms with Gasteiger partial charge in [-0.1, -0.05) is 24.3 Å². The van der Waals surface area contributed by atoms with Crippen molar-refractivity contribution in [2.75, 3.05) is 14.2 Å². The van der Waals surface area contributed by atoms with Crippen LogP contribution in [0.5, 0.6) is 23.1 Å². The number of rotatable bonds is 7. The second kappa shape index (κ2) is 9.93. The van der Waals surface area contributed by atoms with Gasteiger partial charge in [-0.3, -0.25) is 4.98 Å². The van der Waals surface area contributed by atoms with Crippen molar-refractivity contribution in [3.63, 3.8) is 0 Å². The molecule has 0 radical (unpaired) electrons. The Morgan fingerprint density at radius 1 is 1.03 bits per heavy atom. The van der Waals surface area contributed by atoms with E-state index in [0.29, 0.717) is 35.4 Å². The van der Waals surface area contributed by atoms with Gasteiger partial charge in [0.05, 0.1) is 37.6 Å². The third kappa shape index (κ3) is 4.54. The first kappa shape index (κ1) is 23.1. The largest absolute Gasteiger partial charge is 0.497 e. The summed E-state index contributed by atoms with van der Waals surface area (Å²) in [5.41, 5.74) is 5.22. The molecule has 0 amide bonds. The molecule has 1 aliphatic heterocycles. The Morgan fingerprint density at radius 2 is 1.89 bits per heavy atom. The second-order valence-electron chi connectivity index (χ2n) is 8.09. The topological polar surface area (TPSA) is 86.6 Å². The highest BCUT2D eigenvalue weighted by molar-refractivity contribution is 7.98. The molecule has 3 heterocycles. The van der Waals surface area contributed by atoms with Crippen LogP contribution in [0.15, 0.2) is 59.8 Å². The third-order valence-electron chi connectivity index (χ3n) is 5.92. The van der Waals surface area contributed by atoms with Crippen LogP contribution in [0.3, 0.4) is 0 Å². The molecule has 1 N–H and O–H groups in total. The van der Waals surface area contributed by atoms with Crippen LogP contribution in [0.25, 0.3) is 11.4 Å². The Balaban J connectivity index is 1.60. The van der Waals surface area contributed by atoms with E-state index in [1.807, 2.05) is 49.4 Å². The molecule has 8 heteroatoms. The number of hydrogen-bond acceptors (Lipinski definition) is 8. The van der Waals surface area contributed by atoms with E-state index >= 15 is 0 Å².